The first-order chi connectivity index (χ1) is 13.4. The molecule has 0 unspecified atom stereocenters. The molecule has 0 aliphatic rings. The molecule has 0 saturated carbocycles. The Balaban J connectivity index is 1.41. The fourth-order valence-electron chi connectivity index (χ4n) is 3.16. The Kier molecular flexibility index (Phi) is 5.32. The number of pyridine rings is 2. The number of rotatable bonds is 6. The molecule has 2 aromatic heterocycles. The van der Waals surface area contributed by atoms with Crippen LogP contribution in [0.25, 0.3) is 22.3 Å². The summed E-state index contributed by atoms with van der Waals surface area (Å²) in [5.74, 6) is 0. The predicted octanol–water partition coefficient (Wildman–Crippen LogP) is 5.10. The van der Waals surface area contributed by atoms with E-state index in [0.717, 1.165) is 13.1 Å². The number of hydrogen-bond donors (Lipinski definition) is 1. The Labute approximate surface area is 159 Å². The first-order valence-corrected chi connectivity index (χ1v) is 9.08. The summed E-state index contributed by atoms with van der Waals surface area (Å²) in [6.45, 7) is 1.66. The van der Waals surface area contributed by atoms with Crippen LogP contribution < -0.4 is 5.32 Å². The highest BCUT2D eigenvalue weighted by atomic mass is 14.8. The Morgan fingerprint density at radius 2 is 0.963 bits per heavy atom. The molecule has 0 amide bonds. The molecule has 0 fully saturated rings. The zero-order chi connectivity index (χ0) is 18.3. The first kappa shape index (κ1) is 17.1. The third-order valence-electron chi connectivity index (χ3n) is 4.54. The van der Waals surface area contributed by atoms with E-state index in [1.807, 2.05) is 49.1 Å². The minimum Gasteiger partial charge on any atom is -0.309 e. The molecule has 3 heteroatoms. The largest absolute Gasteiger partial charge is 0.309 e. The van der Waals surface area contributed by atoms with Crippen molar-refractivity contribution in [2.75, 3.05) is 0 Å². The molecule has 1 N–H and O–H groups in total. The van der Waals surface area contributed by atoms with Crippen molar-refractivity contribution in [3.05, 3.63) is 109 Å². The first-order valence-electron chi connectivity index (χ1n) is 9.08. The van der Waals surface area contributed by atoms with Crippen LogP contribution in [0.3, 0.4) is 0 Å². The third kappa shape index (κ3) is 4.46. The lowest BCUT2D eigenvalue weighted by molar-refractivity contribution is 0.694. The summed E-state index contributed by atoms with van der Waals surface area (Å²) in [6.07, 6.45) is 7.32. The van der Waals surface area contributed by atoms with Crippen LogP contribution in [0.5, 0.6) is 0 Å². The van der Waals surface area contributed by atoms with Crippen LogP contribution in [0.15, 0.2) is 97.6 Å². The van der Waals surface area contributed by atoms with Crippen LogP contribution in [0.2, 0.25) is 0 Å². The van der Waals surface area contributed by atoms with Crippen molar-refractivity contribution in [1.29, 1.82) is 0 Å². The van der Waals surface area contributed by atoms with E-state index in [2.05, 4.69) is 63.8 Å². The van der Waals surface area contributed by atoms with Gasteiger partial charge in [0.25, 0.3) is 0 Å². The van der Waals surface area contributed by atoms with E-state index in [0.29, 0.717) is 0 Å². The number of nitrogens with one attached hydrogen (secondary N) is 1. The van der Waals surface area contributed by atoms with E-state index in [9.17, 15) is 0 Å². The van der Waals surface area contributed by atoms with Crippen LogP contribution in [-0.4, -0.2) is 9.97 Å². The Morgan fingerprint density at radius 1 is 0.519 bits per heavy atom. The van der Waals surface area contributed by atoms with Crippen molar-refractivity contribution < 1.29 is 0 Å². The summed E-state index contributed by atoms with van der Waals surface area (Å²) in [7, 11) is 0. The molecule has 0 atom stereocenters. The van der Waals surface area contributed by atoms with E-state index >= 15 is 0 Å². The zero-order valence-corrected chi connectivity index (χ0v) is 15.0. The van der Waals surface area contributed by atoms with E-state index in [4.69, 9.17) is 0 Å². The van der Waals surface area contributed by atoms with Crippen molar-refractivity contribution >= 4 is 0 Å². The molecule has 0 aliphatic heterocycles. The maximum atomic E-state index is 4.09. The SMILES string of the molecule is c1cc(CNCc2cccc(-c3ccncc3)c2)cc(-c2ccncc2)c1. The minimum atomic E-state index is 0.832. The van der Waals surface area contributed by atoms with Gasteiger partial charge < -0.3 is 5.32 Å². The quantitative estimate of drug-likeness (QED) is 0.525. The van der Waals surface area contributed by atoms with E-state index in [1.54, 1.807) is 0 Å². The maximum Gasteiger partial charge on any atom is 0.0273 e. The highest BCUT2D eigenvalue weighted by Gasteiger charge is 2.01. The summed E-state index contributed by atoms with van der Waals surface area (Å²) in [5, 5.41) is 3.55. The number of benzene rings is 2. The molecule has 0 saturated heterocycles. The molecule has 2 aromatic carbocycles. The van der Waals surface area contributed by atoms with Crippen LogP contribution in [0.4, 0.5) is 0 Å². The predicted molar refractivity (Wildman–Crippen MR) is 110 cm³/mol. The monoisotopic (exact) mass is 351 g/mol. The second-order valence-electron chi connectivity index (χ2n) is 6.48. The zero-order valence-electron chi connectivity index (χ0n) is 15.0. The van der Waals surface area contributed by atoms with Gasteiger partial charge in [0.1, 0.15) is 0 Å². The van der Waals surface area contributed by atoms with Crippen molar-refractivity contribution in [1.82, 2.24) is 15.3 Å². The summed E-state index contributed by atoms with van der Waals surface area (Å²) in [6, 6.07) is 25.4. The van der Waals surface area contributed by atoms with Crippen LogP contribution in [0, 0.1) is 0 Å². The normalized spacial score (nSPS) is 10.7. The summed E-state index contributed by atoms with van der Waals surface area (Å²) >= 11 is 0. The van der Waals surface area contributed by atoms with E-state index in [1.165, 1.54) is 33.4 Å². The molecule has 0 spiro atoms. The second-order valence-corrected chi connectivity index (χ2v) is 6.48. The topological polar surface area (TPSA) is 37.8 Å². The fourth-order valence-corrected chi connectivity index (χ4v) is 3.16. The number of aromatic nitrogens is 2. The molecular formula is C24H21N3. The second kappa shape index (κ2) is 8.39. The molecule has 4 rings (SSSR count). The molecule has 132 valence electrons. The van der Waals surface area contributed by atoms with Gasteiger partial charge in [0, 0.05) is 37.9 Å². The Hall–Kier alpha value is -3.30. The van der Waals surface area contributed by atoms with Crippen LogP contribution in [0.1, 0.15) is 11.1 Å². The van der Waals surface area contributed by atoms with Gasteiger partial charge in [-0.15, -0.1) is 0 Å². The van der Waals surface area contributed by atoms with Crippen molar-refractivity contribution in [3.8, 4) is 22.3 Å². The van der Waals surface area contributed by atoms with Crippen LogP contribution >= 0.6 is 0 Å². The minimum absolute atomic E-state index is 0.832. The number of nitrogens with zero attached hydrogens (tertiary/aromatic N) is 2. The Bertz CT molecular complexity index is 915. The fraction of sp³-hybridized carbons (Fsp3) is 0.0833. The highest BCUT2D eigenvalue weighted by Crippen LogP contribution is 2.21. The molecule has 2 heterocycles. The van der Waals surface area contributed by atoms with E-state index in [-0.39, 0.29) is 0 Å². The van der Waals surface area contributed by atoms with Gasteiger partial charge in [-0.3, -0.25) is 9.97 Å². The lowest BCUT2D eigenvalue weighted by atomic mass is 10.0. The van der Waals surface area contributed by atoms with Crippen molar-refractivity contribution in [2.24, 2.45) is 0 Å². The smallest absolute Gasteiger partial charge is 0.0273 e. The molecular weight excluding hydrogens is 330 g/mol. The third-order valence-corrected chi connectivity index (χ3v) is 4.54. The lowest BCUT2D eigenvalue weighted by Crippen LogP contribution is -2.12. The van der Waals surface area contributed by atoms with Gasteiger partial charge in [-0.1, -0.05) is 36.4 Å². The van der Waals surface area contributed by atoms with Crippen LogP contribution in [-0.2, 0) is 13.1 Å². The molecule has 4 aromatic rings. The molecule has 0 radical (unpaired) electrons. The molecule has 0 aliphatic carbocycles. The van der Waals surface area contributed by atoms with Gasteiger partial charge in [0.15, 0.2) is 0 Å². The summed E-state index contributed by atoms with van der Waals surface area (Å²) < 4.78 is 0. The summed E-state index contributed by atoms with van der Waals surface area (Å²) in [5.41, 5.74) is 7.37. The number of hydrogen-bond acceptors (Lipinski definition) is 3. The lowest BCUT2D eigenvalue weighted by Gasteiger charge is -2.09. The van der Waals surface area contributed by atoms with Gasteiger partial charge in [-0.2, -0.15) is 0 Å². The van der Waals surface area contributed by atoms with Crippen molar-refractivity contribution in [2.45, 2.75) is 13.1 Å². The Morgan fingerprint density at radius 3 is 1.41 bits per heavy atom. The van der Waals surface area contributed by atoms with Gasteiger partial charge in [-0.05, 0) is 69.8 Å². The van der Waals surface area contributed by atoms with Gasteiger partial charge >= 0.3 is 0 Å². The van der Waals surface area contributed by atoms with E-state index < -0.39 is 0 Å². The van der Waals surface area contributed by atoms with Gasteiger partial charge in [-0.25, -0.2) is 0 Å². The maximum absolute atomic E-state index is 4.09. The summed E-state index contributed by atoms with van der Waals surface area (Å²) in [4.78, 5) is 8.18. The standard InChI is InChI=1S/C24H21N3/c1-3-19(15-23(5-1)21-7-11-25-12-8-21)17-27-18-20-4-2-6-24(16-20)22-9-13-26-14-10-22/h1-16,27H,17-18H2. The van der Waals surface area contributed by atoms with Gasteiger partial charge in [0.2, 0.25) is 0 Å². The average molecular weight is 351 g/mol. The average Bonchev–Trinajstić information content (AvgIpc) is 2.75. The molecule has 0 bridgehead atoms. The van der Waals surface area contributed by atoms with Crippen molar-refractivity contribution in [3.63, 3.8) is 0 Å². The molecule has 27 heavy (non-hydrogen) atoms. The highest BCUT2D eigenvalue weighted by molar-refractivity contribution is 5.64. The molecule has 3 nitrogen and oxygen atoms in total. The van der Waals surface area contributed by atoms with Gasteiger partial charge in [0.05, 0.1) is 0 Å².